The third-order valence-corrected chi connectivity index (χ3v) is 2.74. The second kappa shape index (κ2) is 5.55. The number of hydrogen-bond acceptors (Lipinski definition) is 2. The lowest BCUT2D eigenvalue weighted by Crippen LogP contribution is -2.44. The van der Waals surface area contributed by atoms with Gasteiger partial charge in [-0.2, -0.15) is 0 Å². The minimum Gasteiger partial charge on any atom is -0.316 e. The fourth-order valence-electron chi connectivity index (χ4n) is 1.88. The highest BCUT2D eigenvalue weighted by Crippen LogP contribution is 2.10. The average Bonchev–Trinajstić information content (AvgIpc) is 2.15. The van der Waals surface area contributed by atoms with Gasteiger partial charge >= 0.3 is 0 Å². The number of likely N-dealkylation sites (tertiary alicyclic amines) is 1. The Morgan fingerprint density at radius 3 is 3.00 bits per heavy atom. The molecule has 1 atom stereocenters. The molecule has 1 aliphatic heterocycles. The summed E-state index contributed by atoms with van der Waals surface area (Å²) in [6, 6.07) is 0.746. The van der Waals surface area contributed by atoms with Gasteiger partial charge in [0.05, 0.1) is 0 Å². The quantitative estimate of drug-likeness (QED) is 0.687. The molecule has 0 amide bonds. The number of piperidine rings is 1. The molecule has 0 saturated carbocycles. The molecule has 2 heteroatoms. The summed E-state index contributed by atoms with van der Waals surface area (Å²) >= 11 is 0. The molecule has 0 aromatic carbocycles. The van der Waals surface area contributed by atoms with Crippen molar-refractivity contribution in [3.05, 3.63) is 0 Å². The van der Waals surface area contributed by atoms with Gasteiger partial charge < -0.3 is 10.2 Å². The van der Waals surface area contributed by atoms with Crippen molar-refractivity contribution in [3.8, 4) is 0 Å². The maximum absolute atomic E-state index is 3.37. The van der Waals surface area contributed by atoms with Crippen molar-refractivity contribution in [1.29, 1.82) is 0 Å². The third kappa shape index (κ3) is 3.11. The molecular weight excluding hydrogens is 148 g/mol. The predicted molar refractivity (Wildman–Crippen MR) is 53.4 cm³/mol. The summed E-state index contributed by atoms with van der Waals surface area (Å²) in [7, 11) is 2.08. The number of unbranched alkanes of at least 4 members (excludes halogenated alkanes) is 1. The van der Waals surface area contributed by atoms with E-state index in [-0.39, 0.29) is 0 Å². The Labute approximate surface area is 76.3 Å². The molecule has 1 rings (SSSR count). The van der Waals surface area contributed by atoms with Crippen LogP contribution in [0.2, 0.25) is 0 Å². The molecule has 1 N–H and O–H groups in total. The van der Waals surface area contributed by atoms with E-state index < -0.39 is 0 Å². The van der Waals surface area contributed by atoms with Crippen LogP contribution in [0.25, 0.3) is 0 Å². The highest BCUT2D eigenvalue weighted by Gasteiger charge is 2.16. The molecule has 0 aromatic heterocycles. The topological polar surface area (TPSA) is 15.3 Å². The molecule has 1 aliphatic rings. The minimum absolute atomic E-state index is 0.746. The molecule has 0 unspecified atom stereocenters. The Bertz CT molecular complexity index is 114. The molecule has 72 valence electrons. The SMILES string of the molecule is CCCCN1CCC[C@H](NC)C1. The summed E-state index contributed by atoms with van der Waals surface area (Å²) in [5.41, 5.74) is 0. The van der Waals surface area contributed by atoms with Gasteiger partial charge in [0.1, 0.15) is 0 Å². The van der Waals surface area contributed by atoms with Crippen LogP contribution >= 0.6 is 0 Å². The van der Waals surface area contributed by atoms with Crippen molar-refractivity contribution in [2.45, 2.75) is 38.6 Å². The summed E-state index contributed by atoms with van der Waals surface area (Å²) in [5.74, 6) is 0. The lowest BCUT2D eigenvalue weighted by atomic mass is 10.1. The van der Waals surface area contributed by atoms with Crippen LogP contribution < -0.4 is 5.32 Å². The van der Waals surface area contributed by atoms with Crippen LogP contribution in [0, 0.1) is 0 Å². The minimum atomic E-state index is 0.746. The first kappa shape index (κ1) is 10.0. The van der Waals surface area contributed by atoms with Crippen LogP contribution in [0.4, 0.5) is 0 Å². The van der Waals surface area contributed by atoms with E-state index in [4.69, 9.17) is 0 Å². The first-order chi connectivity index (χ1) is 5.86. The molecule has 1 heterocycles. The smallest absolute Gasteiger partial charge is 0.0192 e. The largest absolute Gasteiger partial charge is 0.316 e. The van der Waals surface area contributed by atoms with E-state index in [9.17, 15) is 0 Å². The summed E-state index contributed by atoms with van der Waals surface area (Å²) in [5, 5.41) is 3.37. The van der Waals surface area contributed by atoms with Crippen LogP contribution in [-0.4, -0.2) is 37.6 Å². The van der Waals surface area contributed by atoms with E-state index in [0.717, 1.165) is 6.04 Å². The van der Waals surface area contributed by atoms with Gasteiger partial charge in [0.25, 0.3) is 0 Å². The highest BCUT2D eigenvalue weighted by molar-refractivity contribution is 4.76. The number of hydrogen-bond donors (Lipinski definition) is 1. The zero-order valence-corrected chi connectivity index (χ0v) is 8.47. The molecular formula is C10H22N2. The molecule has 2 nitrogen and oxygen atoms in total. The fourth-order valence-corrected chi connectivity index (χ4v) is 1.88. The molecule has 0 radical (unpaired) electrons. The molecule has 1 fully saturated rings. The first-order valence-electron chi connectivity index (χ1n) is 5.26. The van der Waals surface area contributed by atoms with Crippen LogP contribution in [0.3, 0.4) is 0 Å². The monoisotopic (exact) mass is 170 g/mol. The summed E-state index contributed by atoms with van der Waals surface area (Å²) in [4.78, 5) is 2.59. The summed E-state index contributed by atoms with van der Waals surface area (Å²) in [6.07, 6.45) is 5.41. The van der Waals surface area contributed by atoms with Crippen LogP contribution in [-0.2, 0) is 0 Å². The summed E-state index contributed by atoms with van der Waals surface area (Å²) < 4.78 is 0. The number of rotatable bonds is 4. The lowest BCUT2D eigenvalue weighted by molar-refractivity contribution is 0.193. The highest BCUT2D eigenvalue weighted by atomic mass is 15.2. The van der Waals surface area contributed by atoms with E-state index >= 15 is 0 Å². The second-order valence-corrected chi connectivity index (χ2v) is 3.78. The molecule has 0 spiro atoms. The summed E-state index contributed by atoms with van der Waals surface area (Å²) in [6.45, 7) is 6.14. The third-order valence-electron chi connectivity index (χ3n) is 2.74. The molecule has 0 bridgehead atoms. The number of likely N-dealkylation sites (N-methyl/N-ethyl adjacent to an activating group) is 1. The first-order valence-corrected chi connectivity index (χ1v) is 5.26. The van der Waals surface area contributed by atoms with Crippen LogP contribution in [0.15, 0.2) is 0 Å². The van der Waals surface area contributed by atoms with Crippen molar-refractivity contribution in [2.24, 2.45) is 0 Å². The van der Waals surface area contributed by atoms with Gasteiger partial charge in [-0.1, -0.05) is 13.3 Å². The predicted octanol–water partition coefficient (Wildman–Crippen LogP) is 1.47. The molecule has 0 aliphatic carbocycles. The van der Waals surface area contributed by atoms with E-state index in [1.165, 1.54) is 45.3 Å². The second-order valence-electron chi connectivity index (χ2n) is 3.78. The van der Waals surface area contributed by atoms with E-state index in [2.05, 4.69) is 24.2 Å². The van der Waals surface area contributed by atoms with Gasteiger partial charge in [-0.3, -0.25) is 0 Å². The van der Waals surface area contributed by atoms with Crippen LogP contribution in [0.1, 0.15) is 32.6 Å². The molecule has 1 saturated heterocycles. The Hall–Kier alpha value is -0.0800. The zero-order valence-electron chi connectivity index (χ0n) is 8.47. The van der Waals surface area contributed by atoms with E-state index in [1.54, 1.807) is 0 Å². The van der Waals surface area contributed by atoms with Crippen molar-refractivity contribution in [2.75, 3.05) is 26.7 Å². The van der Waals surface area contributed by atoms with Gasteiger partial charge in [0.2, 0.25) is 0 Å². The maximum atomic E-state index is 3.37. The Morgan fingerprint density at radius 2 is 2.33 bits per heavy atom. The van der Waals surface area contributed by atoms with Crippen molar-refractivity contribution in [1.82, 2.24) is 10.2 Å². The number of nitrogens with one attached hydrogen (secondary N) is 1. The van der Waals surface area contributed by atoms with E-state index in [0.29, 0.717) is 0 Å². The van der Waals surface area contributed by atoms with Crippen LogP contribution in [0.5, 0.6) is 0 Å². The van der Waals surface area contributed by atoms with Gasteiger partial charge in [-0.05, 0) is 39.4 Å². The lowest BCUT2D eigenvalue weighted by Gasteiger charge is -2.32. The molecule has 0 aromatic rings. The molecule has 12 heavy (non-hydrogen) atoms. The van der Waals surface area contributed by atoms with E-state index in [1.807, 2.05) is 0 Å². The maximum Gasteiger partial charge on any atom is 0.0192 e. The zero-order chi connectivity index (χ0) is 8.81. The van der Waals surface area contributed by atoms with Gasteiger partial charge in [0, 0.05) is 12.6 Å². The van der Waals surface area contributed by atoms with Crippen molar-refractivity contribution < 1.29 is 0 Å². The Morgan fingerprint density at radius 1 is 1.50 bits per heavy atom. The van der Waals surface area contributed by atoms with Crippen molar-refractivity contribution in [3.63, 3.8) is 0 Å². The van der Waals surface area contributed by atoms with Crippen molar-refractivity contribution >= 4 is 0 Å². The number of nitrogens with zero attached hydrogens (tertiary/aromatic N) is 1. The van der Waals surface area contributed by atoms with Gasteiger partial charge in [-0.25, -0.2) is 0 Å². The van der Waals surface area contributed by atoms with Gasteiger partial charge in [-0.15, -0.1) is 0 Å². The Kier molecular flexibility index (Phi) is 4.62. The normalized spacial score (nSPS) is 26.0. The standard InChI is InChI=1S/C10H22N2/c1-3-4-7-12-8-5-6-10(9-12)11-2/h10-11H,3-9H2,1-2H3/t10-/m0/s1. The van der Waals surface area contributed by atoms with Gasteiger partial charge in [0.15, 0.2) is 0 Å². The fraction of sp³-hybridized carbons (Fsp3) is 1.00. The Balaban J connectivity index is 2.16. The average molecular weight is 170 g/mol.